The van der Waals surface area contributed by atoms with E-state index in [-0.39, 0.29) is 22.0 Å². The molecule has 1 aliphatic heterocycles. The standard InChI is InChI=1S/C22H12ClFN2O6/c23-15-9-11(5-7-13(15)21(29)30)18-8-6-12(32-18)10-14-19(27)25-22(31)26(20(14)28)17-4-2-1-3-16(17)24/h1-10H,(H,29,30)(H,25,27,31)/b14-10-. The van der Waals surface area contributed by atoms with Crippen LogP contribution in [0.3, 0.4) is 0 Å². The van der Waals surface area contributed by atoms with Gasteiger partial charge in [-0.25, -0.2) is 18.9 Å². The van der Waals surface area contributed by atoms with Gasteiger partial charge in [-0.15, -0.1) is 0 Å². The van der Waals surface area contributed by atoms with Gasteiger partial charge >= 0.3 is 12.0 Å². The van der Waals surface area contributed by atoms with E-state index >= 15 is 0 Å². The van der Waals surface area contributed by atoms with Gasteiger partial charge in [-0.05, 0) is 42.5 Å². The van der Waals surface area contributed by atoms with Crippen LogP contribution in [-0.4, -0.2) is 28.9 Å². The van der Waals surface area contributed by atoms with Gasteiger partial charge in [-0.3, -0.25) is 14.9 Å². The number of hydrogen-bond acceptors (Lipinski definition) is 5. The van der Waals surface area contributed by atoms with Crippen molar-refractivity contribution < 1.29 is 33.1 Å². The molecule has 2 aromatic carbocycles. The number of halogens is 2. The van der Waals surface area contributed by atoms with Gasteiger partial charge in [0.2, 0.25) is 0 Å². The summed E-state index contributed by atoms with van der Waals surface area (Å²) in [5.41, 5.74) is -0.353. The molecule has 2 heterocycles. The van der Waals surface area contributed by atoms with E-state index in [9.17, 15) is 23.6 Å². The van der Waals surface area contributed by atoms with Gasteiger partial charge in [-0.2, -0.15) is 0 Å². The van der Waals surface area contributed by atoms with E-state index in [2.05, 4.69) is 0 Å². The van der Waals surface area contributed by atoms with Crippen LogP contribution in [0.25, 0.3) is 17.4 Å². The van der Waals surface area contributed by atoms with E-state index in [1.165, 1.54) is 48.5 Å². The summed E-state index contributed by atoms with van der Waals surface area (Å²) >= 11 is 5.98. The molecule has 8 nitrogen and oxygen atoms in total. The van der Waals surface area contributed by atoms with E-state index in [0.29, 0.717) is 16.2 Å². The fourth-order valence-electron chi connectivity index (χ4n) is 3.08. The van der Waals surface area contributed by atoms with Crippen LogP contribution in [0.15, 0.2) is 64.6 Å². The fraction of sp³-hybridized carbons (Fsp3) is 0. The Kier molecular flexibility index (Phi) is 5.33. The fourth-order valence-corrected chi connectivity index (χ4v) is 3.34. The first-order valence-electron chi connectivity index (χ1n) is 9.05. The molecule has 1 saturated heterocycles. The van der Waals surface area contributed by atoms with Crippen molar-refractivity contribution in [1.82, 2.24) is 5.32 Å². The van der Waals surface area contributed by atoms with E-state index in [4.69, 9.17) is 21.1 Å². The number of para-hydroxylation sites is 1. The minimum Gasteiger partial charge on any atom is -0.478 e. The van der Waals surface area contributed by atoms with Crippen molar-refractivity contribution in [3.05, 3.63) is 82.3 Å². The predicted molar refractivity (Wildman–Crippen MR) is 112 cm³/mol. The SMILES string of the molecule is O=C1NC(=O)N(c2ccccc2F)C(=O)/C1=C\c1ccc(-c2ccc(C(=O)O)c(Cl)c2)o1. The van der Waals surface area contributed by atoms with Crippen LogP contribution < -0.4 is 10.2 Å². The van der Waals surface area contributed by atoms with Gasteiger partial charge in [0.1, 0.15) is 22.9 Å². The number of carbonyl (C=O) groups excluding carboxylic acids is 3. The van der Waals surface area contributed by atoms with Gasteiger partial charge < -0.3 is 9.52 Å². The van der Waals surface area contributed by atoms with Gasteiger partial charge in [-0.1, -0.05) is 29.8 Å². The molecule has 4 rings (SSSR count). The number of urea groups is 1. The molecule has 0 atom stereocenters. The highest BCUT2D eigenvalue weighted by atomic mass is 35.5. The van der Waals surface area contributed by atoms with Gasteiger partial charge in [0, 0.05) is 5.56 Å². The number of rotatable bonds is 4. The van der Waals surface area contributed by atoms with E-state index in [1.54, 1.807) is 0 Å². The third kappa shape index (κ3) is 3.77. The maximum Gasteiger partial charge on any atom is 0.337 e. The average Bonchev–Trinajstić information content (AvgIpc) is 3.21. The molecule has 0 saturated carbocycles. The Bertz CT molecular complexity index is 1330. The smallest absolute Gasteiger partial charge is 0.337 e. The second kappa shape index (κ2) is 8.12. The highest BCUT2D eigenvalue weighted by Gasteiger charge is 2.38. The number of imide groups is 2. The molecule has 10 heteroatoms. The maximum absolute atomic E-state index is 14.1. The summed E-state index contributed by atoms with van der Waals surface area (Å²) in [6.07, 6.45) is 1.12. The van der Waals surface area contributed by atoms with Crippen molar-refractivity contribution in [2.24, 2.45) is 0 Å². The van der Waals surface area contributed by atoms with Crippen molar-refractivity contribution >= 4 is 47.2 Å². The van der Waals surface area contributed by atoms with Crippen molar-refractivity contribution in [3.63, 3.8) is 0 Å². The molecule has 160 valence electrons. The Morgan fingerprint density at radius 2 is 1.84 bits per heavy atom. The number of anilines is 1. The lowest BCUT2D eigenvalue weighted by Crippen LogP contribution is -2.54. The van der Waals surface area contributed by atoms with Crippen LogP contribution in [0.5, 0.6) is 0 Å². The van der Waals surface area contributed by atoms with Crippen molar-refractivity contribution in [2.45, 2.75) is 0 Å². The molecular weight excluding hydrogens is 443 g/mol. The van der Waals surface area contributed by atoms with Gasteiger partial charge in [0.05, 0.1) is 16.3 Å². The first kappa shape index (κ1) is 21.0. The van der Waals surface area contributed by atoms with Crippen molar-refractivity contribution in [2.75, 3.05) is 4.90 Å². The normalized spacial score (nSPS) is 15.2. The molecule has 2 N–H and O–H groups in total. The number of carbonyl (C=O) groups is 4. The third-order valence-corrected chi connectivity index (χ3v) is 4.91. The quantitative estimate of drug-likeness (QED) is 0.452. The van der Waals surface area contributed by atoms with Crippen LogP contribution in [-0.2, 0) is 9.59 Å². The Morgan fingerprint density at radius 3 is 2.53 bits per heavy atom. The summed E-state index contributed by atoms with van der Waals surface area (Å²) in [5.74, 6) is -3.58. The Hall–Kier alpha value is -4.24. The number of carboxylic acids is 1. The first-order valence-corrected chi connectivity index (χ1v) is 9.43. The van der Waals surface area contributed by atoms with Crippen molar-refractivity contribution in [3.8, 4) is 11.3 Å². The van der Waals surface area contributed by atoms with Crippen LogP contribution >= 0.6 is 11.6 Å². The molecule has 0 aliphatic carbocycles. The maximum atomic E-state index is 14.1. The number of furan rings is 1. The lowest BCUT2D eigenvalue weighted by atomic mass is 10.1. The zero-order valence-electron chi connectivity index (χ0n) is 16.0. The molecule has 1 fully saturated rings. The second-order valence-electron chi connectivity index (χ2n) is 6.61. The largest absolute Gasteiger partial charge is 0.478 e. The average molecular weight is 455 g/mol. The van der Waals surface area contributed by atoms with E-state index in [1.807, 2.05) is 5.32 Å². The molecule has 3 aromatic rings. The number of nitrogens with zero attached hydrogens (tertiary/aromatic N) is 1. The van der Waals surface area contributed by atoms with Gasteiger partial charge in [0.25, 0.3) is 11.8 Å². The highest BCUT2D eigenvalue weighted by Crippen LogP contribution is 2.29. The van der Waals surface area contributed by atoms with Crippen LogP contribution in [0.4, 0.5) is 14.9 Å². The Balaban J connectivity index is 1.67. The second-order valence-corrected chi connectivity index (χ2v) is 7.02. The number of benzene rings is 2. The summed E-state index contributed by atoms with van der Waals surface area (Å²) < 4.78 is 19.8. The molecule has 0 spiro atoms. The zero-order valence-corrected chi connectivity index (χ0v) is 16.7. The summed E-state index contributed by atoms with van der Waals surface area (Å²) in [6.45, 7) is 0. The predicted octanol–water partition coefficient (Wildman–Crippen LogP) is 4.10. The monoisotopic (exact) mass is 454 g/mol. The van der Waals surface area contributed by atoms with Crippen LogP contribution in [0.2, 0.25) is 5.02 Å². The molecule has 1 aliphatic rings. The molecule has 0 unspecified atom stereocenters. The zero-order chi connectivity index (χ0) is 23.0. The van der Waals surface area contributed by atoms with E-state index < -0.39 is 35.2 Å². The summed E-state index contributed by atoms with van der Waals surface area (Å²) in [6, 6.07) is 11.3. The number of amides is 4. The third-order valence-electron chi connectivity index (χ3n) is 4.59. The van der Waals surface area contributed by atoms with Gasteiger partial charge in [0.15, 0.2) is 0 Å². The number of nitrogens with one attached hydrogen (secondary N) is 1. The topological polar surface area (TPSA) is 117 Å². The summed E-state index contributed by atoms with van der Waals surface area (Å²) in [7, 11) is 0. The Morgan fingerprint density at radius 1 is 1.09 bits per heavy atom. The number of aromatic carboxylic acids is 1. The summed E-state index contributed by atoms with van der Waals surface area (Å²) in [5, 5.41) is 11.1. The summed E-state index contributed by atoms with van der Waals surface area (Å²) in [4.78, 5) is 48.8. The Labute approximate surface area is 184 Å². The van der Waals surface area contributed by atoms with Crippen molar-refractivity contribution in [1.29, 1.82) is 0 Å². The molecule has 1 aromatic heterocycles. The van der Waals surface area contributed by atoms with E-state index in [0.717, 1.165) is 12.1 Å². The molecule has 0 radical (unpaired) electrons. The molecule has 0 bridgehead atoms. The minimum atomic E-state index is -1.18. The lowest BCUT2D eigenvalue weighted by molar-refractivity contribution is -0.122. The molecule has 32 heavy (non-hydrogen) atoms. The molecule has 4 amide bonds. The van der Waals surface area contributed by atoms with Crippen LogP contribution in [0, 0.1) is 5.82 Å². The minimum absolute atomic E-state index is 0.00665. The number of hydrogen-bond donors (Lipinski definition) is 2. The van der Waals surface area contributed by atoms with Crippen LogP contribution in [0.1, 0.15) is 16.1 Å². The number of carboxylic acid groups (broad SMARTS) is 1. The lowest BCUT2D eigenvalue weighted by Gasteiger charge is -2.26. The highest BCUT2D eigenvalue weighted by molar-refractivity contribution is 6.39. The molecular formula is C22H12ClFN2O6. The first-order chi connectivity index (χ1) is 15.3. The number of barbiturate groups is 1.